The summed E-state index contributed by atoms with van der Waals surface area (Å²) in [6.45, 7) is 9.63. The maximum atomic E-state index is 12.5. The quantitative estimate of drug-likeness (QED) is 0.666. The van der Waals surface area contributed by atoms with E-state index in [1.165, 1.54) is 11.8 Å². The average molecular weight is 390 g/mol. The maximum absolute atomic E-state index is 12.5. The minimum Gasteiger partial charge on any atom is -0.355 e. The molecule has 27 heavy (non-hydrogen) atoms. The van der Waals surface area contributed by atoms with Crippen LogP contribution in [0, 0.1) is 6.92 Å². The molecule has 1 aromatic heterocycles. The number of thioether (sulfide) groups is 1. The van der Waals surface area contributed by atoms with E-state index in [-0.39, 0.29) is 24.1 Å². The summed E-state index contributed by atoms with van der Waals surface area (Å²) in [4.78, 5) is 25.8. The van der Waals surface area contributed by atoms with Gasteiger partial charge in [-0.05, 0) is 33.8 Å². The number of carbonyl (C=O) groups is 2. The van der Waals surface area contributed by atoms with Crippen molar-refractivity contribution in [2.75, 3.05) is 25.4 Å². The van der Waals surface area contributed by atoms with Crippen molar-refractivity contribution in [2.45, 2.75) is 39.4 Å². The number of carbonyl (C=O) groups excluding carboxylic acids is 2. The van der Waals surface area contributed by atoms with E-state index in [0.29, 0.717) is 24.8 Å². The van der Waals surface area contributed by atoms with Crippen LogP contribution in [-0.4, -0.2) is 56.9 Å². The summed E-state index contributed by atoms with van der Waals surface area (Å²) < 4.78 is 2.01. The molecule has 2 rings (SSSR count). The summed E-state index contributed by atoms with van der Waals surface area (Å²) in [5, 5.41) is 12.0. The molecule has 0 radical (unpaired) electrons. The topological polar surface area (TPSA) is 80.1 Å². The first kappa shape index (κ1) is 21.0. The van der Waals surface area contributed by atoms with Crippen LogP contribution in [0.15, 0.2) is 29.4 Å². The SMILES string of the molecule is CCNC(=O)CN(CC)C(=O)CSc1nnc(-c2cccc(C)c2)n1CC. The second kappa shape index (κ2) is 10.1. The summed E-state index contributed by atoms with van der Waals surface area (Å²) >= 11 is 1.35. The number of hydrogen-bond donors (Lipinski definition) is 1. The zero-order chi connectivity index (χ0) is 19.8. The van der Waals surface area contributed by atoms with E-state index in [4.69, 9.17) is 0 Å². The van der Waals surface area contributed by atoms with Gasteiger partial charge in [-0.3, -0.25) is 9.59 Å². The standard InChI is InChI=1S/C19H27N5O2S/c1-5-20-16(25)12-23(6-2)17(26)13-27-19-22-21-18(24(19)7-3)15-10-8-9-14(4)11-15/h8-11H,5-7,12-13H2,1-4H3,(H,20,25). The van der Waals surface area contributed by atoms with Gasteiger partial charge in [-0.15, -0.1) is 10.2 Å². The Morgan fingerprint density at radius 3 is 2.63 bits per heavy atom. The molecule has 1 aromatic carbocycles. The van der Waals surface area contributed by atoms with Crippen molar-refractivity contribution < 1.29 is 9.59 Å². The van der Waals surface area contributed by atoms with Crippen LogP contribution >= 0.6 is 11.8 Å². The van der Waals surface area contributed by atoms with Crippen LogP contribution in [0.4, 0.5) is 0 Å². The number of likely N-dealkylation sites (N-methyl/N-ethyl adjacent to an activating group) is 2. The van der Waals surface area contributed by atoms with Gasteiger partial charge in [-0.2, -0.15) is 0 Å². The van der Waals surface area contributed by atoms with Crippen molar-refractivity contribution >= 4 is 23.6 Å². The van der Waals surface area contributed by atoms with Gasteiger partial charge in [0.1, 0.15) is 0 Å². The molecule has 0 atom stereocenters. The maximum Gasteiger partial charge on any atom is 0.239 e. The Morgan fingerprint density at radius 1 is 1.22 bits per heavy atom. The minimum atomic E-state index is -0.142. The summed E-state index contributed by atoms with van der Waals surface area (Å²) in [6, 6.07) is 8.11. The summed E-state index contributed by atoms with van der Waals surface area (Å²) in [5.74, 6) is 0.789. The molecule has 1 heterocycles. The highest BCUT2D eigenvalue weighted by atomic mass is 32.2. The number of benzene rings is 1. The van der Waals surface area contributed by atoms with Crippen molar-refractivity contribution in [3.63, 3.8) is 0 Å². The van der Waals surface area contributed by atoms with E-state index in [1.807, 2.05) is 50.5 Å². The third-order valence-electron chi connectivity index (χ3n) is 4.08. The van der Waals surface area contributed by atoms with E-state index in [0.717, 1.165) is 17.0 Å². The van der Waals surface area contributed by atoms with E-state index >= 15 is 0 Å². The highest BCUT2D eigenvalue weighted by molar-refractivity contribution is 7.99. The molecule has 0 aliphatic carbocycles. The predicted octanol–water partition coefficient (Wildman–Crippen LogP) is 2.35. The number of aromatic nitrogens is 3. The zero-order valence-electron chi connectivity index (χ0n) is 16.4. The van der Waals surface area contributed by atoms with Crippen molar-refractivity contribution in [3.05, 3.63) is 29.8 Å². The lowest BCUT2D eigenvalue weighted by Crippen LogP contribution is -2.41. The number of rotatable bonds is 9. The Bertz CT molecular complexity index is 790. The highest BCUT2D eigenvalue weighted by Crippen LogP contribution is 2.24. The van der Waals surface area contributed by atoms with E-state index in [1.54, 1.807) is 4.90 Å². The molecule has 0 aliphatic rings. The van der Waals surface area contributed by atoms with Crippen LogP contribution in [0.25, 0.3) is 11.4 Å². The van der Waals surface area contributed by atoms with Crippen LogP contribution in [0.5, 0.6) is 0 Å². The third kappa shape index (κ3) is 5.56. The van der Waals surface area contributed by atoms with Gasteiger partial charge in [0, 0.05) is 25.2 Å². The van der Waals surface area contributed by atoms with Gasteiger partial charge in [0.15, 0.2) is 11.0 Å². The lowest BCUT2D eigenvalue weighted by Gasteiger charge is -2.20. The second-order valence-electron chi connectivity index (χ2n) is 6.07. The molecular formula is C19H27N5O2S. The molecule has 0 unspecified atom stereocenters. The highest BCUT2D eigenvalue weighted by Gasteiger charge is 2.18. The van der Waals surface area contributed by atoms with Crippen LogP contribution in [0.3, 0.4) is 0 Å². The Labute approximate surface area is 164 Å². The van der Waals surface area contributed by atoms with Gasteiger partial charge in [-0.1, -0.05) is 35.5 Å². The molecule has 0 aliphatic heterocycles. The minimum absolute atomic E-state index is 0.0821. The molecule has 0 bridgehead atoms. The fourth-order valence-electron chi connectivity index (χ4n) is 2.70. The van der Waals surface area contributed by atoms with Crippen LogP contribution < -0.4 is 5.32 Å². The lowest BCUT2D eigenvalue weighted by atomic mass is 10.1. The number of aryl methyl sites for hydroxylation is 1. The largest absolute Gasteiger partial charge is 0.355 e. The van der Waals surface area contributed by atoms with Gasteiger partial charge in [0.2, 0.25) is 11.8 Å². The predicted molar refractivity (Wildman–Crippen MR) is 108 cm³/mol. The number of amides is 2. The molecule has 146 valence electrons. The zero-order valence-corrected chi connectivity index (χ0v) is 17.2. The van der Waals surface area contributed by atoms with Gasteiger partial charge < -0.3 is 14.8 Å². The number of nitrogens with one attached hydrogen (secondary N) is 1. The van der Waals surface area contributed by atoms with Gasteiger partial charge in [0.25, 0.3) is 0 Å². The molecule has 8 heteroatoms. The van der Waals surface area contributed by atoms with E-state index < -0.39 is 0 Å². The monoisotopic (exact) mass is 389 g/mol. The van der Waals surface area contributed by atoms with Crippen molar-refractivity contribution in [2.24, 2.45) is 0 Å². The van der Waals surface area contributed by atoms with E-state index in [9.17, 15) is 9.59 Å². The van der Waals surface area contributed by atoms with Crippen molar-refractivity contribution in [3.8, 4) is 11.4 Å². The molecule has 0 saturated carbocycles. The first-order valence-electron chi connectivity index (χ1n) is 9.17. The van der Waals surface area contributed by atoms with Crippen LogP contribution in [-0.2, 0) is 16.1 Å². The summed E-state index contributed by atoms with van der Waals surface area (Å²) in [5.41, 5.74) is 2.17. The average Bonchev–Trinajstić information content (AvgIpc) is 3.07. The van der Waals surface area contributed by atoms with E-state index in [2.05, 4.69) is 21.6 Å². The molecule has 0 spiro atoms. The van der Waals surface area contributed by atoms with Gasteiger partial charge >= 0.3 is 0 Å². The fraction of sp³-hybridized carbons (Fsp3) is 0.474. The summed E-state index contributed by atoms with van der Waals surface area (Å²) in [6.07, 6.45) is 0. The Morgan fingerprint density at radius 2 is 2.00 bits per heavy atom. The number of hydrogen-bond acceptors (Lipinski definition) is 5. The van der Waals surface area contributed by atoms with Crippen LogP contribution in [0.2, 0.25) is 0 Å². The Balaban J connectivity index is 2.07. The third-order valence-corrected chi connectivity index (χ3v) is 5.03. The smallest absolute Gasteiger partial charge is 0.239 e. The molecule has 2 aromatic rings. The molecule has 1 N–H and O–H groups in total. The lowest BCUT2D eigenvalue weighted by molar-refractivity contribution is -0.133. The molecule has 0 fully saturated rings. The molecule has 0 saturated heterocycles. The molecule has 2 amide bonds. The Hall–Kier alpha value is -2.35. The molecule has 7 nitrogen and oxygen atoms in total. The van der Waals surface area contributed by atoms with Crippen molar-refractivity contribution in [1.29, 1.82) is 0 Å². The summed E-state index contributed by atoms with van der Waals surface area (Å²) in [7, 11) is 0. The normalized spacial score (nSPS) is 10.7. The first-order chi connectivity index (χ1) is 13.0. The first-order valence-corrected chi connectivity index (χ1v) is 10.2. The fourth-order valence-corrected chi connectivity index (χ4v) is 3.60. The van der Waals surface area contributed by atoms with Gasteiger partial charge in [-0.25, -0.2) is 0 Å². The van der Waals surface area contributed by atoms with Gasteiger partial charge in [0.05, 0.1) is 12.3 Å². The van der Waals surface area contributed by atoms with Crippen molar-refractivity contribution in [1.82, 2.24) is 25.0 Å². The number of nitrogens with zero attached hydrogens (tertiary/aromatic N) is 4. The second-order valence-corrected chi connectivity index (χ2v) is 7.01. The molecular weight excluding hydrogens is 362 g/mol. The Kier molecular flexibility index (Phi) is 7.84. The van der Waals surface area contributed by atoms with Crippen LogP contribution in [0.1, 0.15) is 26.3 Å².